The van der Waals surface area contributed by atoms with Gasteiger partial charge in [0.15, 0.2) is 5.75 Å². The standard InChI is InChI=1S/C25H32N2O5S/c1-3-4-5-6-7-8-12-15-26-22-18-31-23-17-21(27-33(2,29)30)24(16-20(23)25(22)28)32-19-13-10-9-11-14-19/h9-11,13-14,16-18,26-27H,3-8,12,15H2,1-2H3. The molecule has 0 spiro atoms. The second-order valence-corrected chi connectivity index (χ2v) is 9.91. The number of rotatable bonds is 13. The second kappa shape index (κ2) is 11.7. The monoisotopic (exact) mass is 472 g/mol. The Morgan fingerprint density at radius 2 is 1.64 bits per heavy atom. The number of ether oxygens (including phenoxy) is 1. The first-order chi connectivity index (χ1) is 15.9. The van der Waals surface area contributed by atoms with Crippen molar-refractivity contribution in [3.63, 3.8) is 0 Å². The summed E-state index contributed by atoms with van der Waals surface area (Å²) in [6, 6.07) is 11.9. The Bertz CT molecular complexity index is 1210. The van der Waals surface area contributed by atoms with Crippen molar-refractivity contribution in [2.75, 3.05) is 22.8 Å². The highest BCUT2D eigenvalue weighted by Gasteiger charge is 2.16. The Labute approximate surface area is 195 Å². The zero-order chi connectivity index (χ0) is 23.7. The molecule has 0 aliphatic heterocycles. The van der Waals surface area contributed by atoms with Gasteiger partial charge in [-0.05, 0) is 24.6 Å². The van der Waals surface area contributed by atoms with Crippen LogP contribution in [-0.2, 0) is 10.0 Å². The number of para-hydroxylation sites is 1. The molecule has 0 amide bonds. The number of nitrogens with one attached hydrogen (secondary N) is 2. The van der Waals surface area contributed by atoms with Gasteiger partial charge in [-0.15, -0.1) is 0 Å². The molecule has 2 N–H and O–H groups in total. The fourth-order valence-electron chi connectivity index (χ4n) is 3.56. The molecule has 33 heavy (non-hydrogen) atoms. The van der Waals surface area contributed by atoms with Crippen LogP contribution in [0.15, 0.2) is 57.9 Å². The molecule has 0 atom stereocenters. The molecule has 0 aliphatic rings. The highest BCUT2D eigenvalue weighted by atomic mass is 32.2. The number of unbranched alkanes of at least 4 members (excludes halogenated alkanes) is 6. The van der Waals surface area contributed by atoms with Gasteiger partial charge in [-0.25, -0.2) is 8.42 Å². The Hall–Kier alpha value is -3.00. The van der Waals surface area contributed by atoms with E-state index in [4.69, 9.17) is 9.15 Å². The van der Waals surface area contributed by atoms with Gasteiger partial charge in [-0.1, -0.05) is 63.6 Å². The van der Waals surface area contributed by atoms with Crippen LogP contribution in [0.5, 0.6) is 11.5 Å². The van der Waals surface area contributed by atoms with Crippen LogP contribution in [0.25, 0.3) is 11.0 Å². The van der Waals surface area contributed by atoms with Crippen molar-refractivity contribution >= 4 is 32.4 Å². The van der Waals surface area contributed by atoms with E-state index in [1.165, 1.54) is 50.5 Å². The molecule has 2 aromatic carbocycles. The molecule has 8 heteroatoms. The molecular weight excluding hydrogens is 440 g/mol. The summed E-state index contributed by atoms with van der Waals surface area (Å²) in [5.41, 5.74) is 0.625. The summed E-state index contributed by atoms with van der Waals surface area (Å²) in [4.78, 5) is 13.1. The number of hydrogen-bond donors (Lipinski definition) is 2. The molecule has 178 valence electrons. The molecule has 0 aliphatic carbocycles. The number of anilines is 2. The zero-order valence-corrected chi connectivity index (χ0v) is 20.0. The lowest BCUT2D eigenvalue weighted by Crippen LogP contribution is -2.14. The molecule has 1 aromatic heterocycles. The molecule has 0 saturated carbocycles. The van der Waals surface area contributed by atoms with Crippen molar-refractivity contribution in [1.82, 2.24) is 0 Å². The van der Waals surface area contributed by atoms with Crippen molar-refractivity contribution < 1.29 is 17.6 Å². The van der Waals surface area contributed by atoms with Gasteiger partial charge >= 0.3 is 0 Å². The fourth-order valence-corrected chi connectivity index (χ4v) is 4.12. The highest BCUT2D eigenvalue weighted by molar-refractivity contribution is 7.92. The number of benzene rings is 2. The molecule has 1 heterocycles. The number of sulfonamides is 1. The van der Waals surface area contributed by atoms with Gasteiger partial charge in [0, 0.05) is 12.6 Å². The van der Waals surface area contributed by atoms with E-state index in [-0.39, 0.29) is 22.4 Å². The molecule has 0 unspecified atom stereocenters. The third-order valence-electron chi connectivity index (χ3n) is 5.24. The smallest absolute Gasteiger partial charge is 0.229 e. The topological polar surface area (TPSA) is 97.6 Å². The Kier molecular flexibility index (Phi) is 8.77. The third-order valence-corrected chi connectivity index (χ3v) is 5.83. The highest BCUT2D eigenvalue weighted by Crippen LogP contribution is 2.34. The zero-order valence-electron chi connectivity index (χ0n) is 19.2. The van der Waals surface area contributed by atoms with E-state index in [0.29, 0.717) is 23.4 Å². The largest absolute Gasteiger partial charge is 0.462 e. The molecule has 3 rings (SSSR count). The summed E-state index contributed by atoms with van der Waals surface area (Å²) in [6.45, 7) is 2.89. The molecule has 3 aromatic rings. The number of fused-ring (bicyclic) bond motifs is 1. The predicted octanol–water partition coefficient (Wildman–Crippen LogP) is 6.12. The normalized spacial score (nSPS) is 11.5. The quantitative estimate of drug-likeness (QED) is 0.291. The van der Waals surface area contributed by atoms with E-state index < -0.39 is 10.0 Å². The van der Waals surface area contributed by atoms with Crippen LogP contribution in [0.2, 0.25) is 0 Å². The average molecular weight is 473 g/mol. The van der Waals surface area contributed by atoms with Gasteiger partial charge in [0.1, 0.15) is 23.3 Å². The minimum atomic E-state index is -3.57. The second-order valence-electron chi connectivity index (χ2n) is 8.16. The van der Waals surface area contributed by atoms with Crippen LogP contribution in [-0.4, -0.2) is 21.2 Å². The first-order valence-corrected chi connectivity index (χ1v) is 13.3. The van der Waals surface area contributed by atoms with E-state index in [2.05, 4.69) is 17.0 Å². The van der Waals surface area contributed by atoms with Gasteiger partial charge in [0.2, 0.25) is 15.5 Å². The van der Waals surface area contributed by atoms with Crippen LogP contribution in [0, 0.1) is 0 Å². The van der Waals surface area contributed by atoms with Crippen molar-refractivity contribution in [2.45, 2.75) is 51.9 Å². The Balaban J connectivity index is 1.78. The van der Waals surface area contributed by atoms with Gasteiger partial charge < -0.3 is 14.5 Å². The van der Waals surface area contributed by atoms with Gasteiger partial charge in [0.05, 0.1) is 17.3 Å². The molecular formula is C25H32N2O5S. The van der Waals surface area contributed by atoms with E-state index in [9.17, 15) is 13.2 Å². The van der Waals surface area contributed by atoms with Gasteiger partial charge in [0.25, 0.3) is 0 Å². The van der Waals surface area contributed by atoms with Gasteiger partial charge in [-0.3, -0.25) is 9.52 Å². The fraction of sp³-hybridized carbons (Fsp3) is 0.400. The lowest BCUT2D eigenvalue weighted by Gasteiger charge is -2.13. The van der Waals surface area contributed by atoms with Crippen LogP contribution in [0.4, 0.5) is 11.4 Å². The minimum absolute atomic E-state index is 0.195. The predicted molar refractivity (Wildman–Crippen MR) is 134 cm³/mol. The summed E-state index contributed by atoms with van der Waals surface area (Å²) in [5, 5.41) is 3.48. The van der Waals surface area contributed by atoms with Crippen LogP contribution >= 0.6 is 0 Å². The van der Waals surface area contributed by atoms with Crippen molar-refractivity contribution in [2.24, 2.45) is 0 Å². The van der Waals surface area contributed by atoms with Crippen LogP contribution < -0.4 is 20.2 Å². The summed E-state index contributed by atoms with van der Waals surface area (Å²) >= 11 is 0. The lowest BCUT2D eigenvalue weighted by molar-refractivity contribution is 0.485. The van der Waals surface area contributed by atoms with Crippen LogP contribution in [0.1, 0.15) is 51.9 Å². The van der Waals surface area contributed by atoms with E-state index in [1.807, 2.05) is 6.07 Å². The lowest BCUT2D eigenvalue weighted by atomic mass is 10.1. The average Bonchev–Trinajstić information content (AvgIpc) is 2.77. The van der Waals surface area contributed by atoms with Gasteiger partial charge in [-0.2, -0.15) is 0 Å². The summed E-state index contributed by atoms with van der Waals surface area (Å²) in [6.07, 6.45) is 10.8. The first-order valence-electron chi connectivity index (χ1n) is 11.4. The minimum Gasteiger partial charge on any atom is -0.462 e. The maximum absolute atomic E-state index is 13.1. The summed E-state index contributed by atoms with van der Waals surface area (Å²) in [5.74, 6) is 0.738. The summed E-state index contributed by atoms with van der Waals surface area (Å²) in [7, 11) is -3.57. The third kappa shape index (κ3) is 7.53. The van der Waals surface area contributed by atoms with Crippen molar-refractivity contribution in [3.8, 4) is 11.5 Å². The maximum atomic E-state index is 13.1. The van der Waals surface area contributed by atoms with E-state index in [1.54, 1.807) is 24.3 Å². The summed E-state index contributed by atoms with van der Waals surface area (Å²) < 4.78 is 37.6. The van der Waals surface area contributed by atoms with Crippen molar-refractivity contribution in [1.29, 1.82) is 0 Å². The molecule has 0 radical (unpaired) electrons. The Morgan fingerprint density at radius 1 is 0.939 bits per heavy atom. The molecule has 0 saturated heterocycles. The van der Waals surface area contributed by atoms with E-state index >= 15 is 0 Å². The molecule has 7 nitrogen and oxygen atoms in total. The van der Waals surface area contributed by atoms with E-state index in [0.717, 1.165) is 19.1 Å². The Morgan fingerprint density at radius 3 is 2.33 bits per heavy atom. The SMILES string of the molecule is CCCCCCCCCNc1coc2cc(NS(C)(=O)=O)c(Oc3ccccc3)cc2c1=O. The number of hydrogen-bond acceptors (Lipinski definition) is 6. The van der Waals surface area contributed by atoms with Crippen LogP contribution in [0.3, 0.4) is 0 Å². The molecule has 0 bridgehead atoms. The first kappa shape index (κ1) is 24.6. The maximum Gasteiger partial charge on any atom is 0.229 e. The van der Waals surface area contributed by atoms with Crippen molar-refractivity contribution in [3.05, 3.63) is 59.0 Å². The molecule has 0 fully saturated rings.